The SMILES string of the molecule is Cc1cccc(Cn2nc(C)c(NC(=O)C(C)n3cc(Br)cn3)c2C)c1. The number of amides is 1. The van der Waals surface area contributed by atoms with E-state index in [0.717, 1.165) is 21.5 Å². The molecule has 0 radical (unpaired) electrons. The number of nitrogens with zero attached hydrogens (tertiary/aromatic N) is 4. The molecule has 0 aliphatic rings. The van der Waals surface area contributed by atoms with Crippen molar-refractivity contribution in [3.05, 3.63) is 63.6 Å². The quantitative estimate of drug-likeness (QED) is 0.684. The Morgan fingerprint density at radius 3 is 2.73 bits per heavy atom. The molecule has 3 aromatic rings. The maximum absolute atomic E-state index is 12.6. The molecule has 3 rings (SSSR count). The number of halogens is 1. The van der Waals surface area contributed by atoms with Gasteiger partial charge in [0, 0.05) is 6.20 Å². The third-order valence-corrected chi connectivity index (χ3v) is 4.80. The fraction of sp³-hybridized carbons (Fsp3) is 0.316. The molecule has 0 saturated heterocycles. The summed E-state index contributed by atoms with van der Waals surface area (Å²) >= 11 is 3.35. The molecule has 26 heavy (non-hydrogen) atoms. The molecule has 7 heteroatoms. The first-order valence-corrected chi connectivity index (χ1v) is 9.24. The highest BCUT2D eigenvalue weighted by molar-refractivity contribution is 9.10. The second-order valence-electron chi connectivity index (χ2n) is 6.50. The molecule has 1 atom stereocenters. The number of hydrogen-bond donors (Lipinski definition) is 1. The summed E-state index contributed by atoms with van der Waals surface area (Å²) in [5, 5.41) is 11.8. The topological polar surface area (TPSA) is 64.7 Å². The van der Waals surface area contributed by atoms with Crippen molar-refractivity contribution in [2.75, 3.05) is 5.32 Å². The summed E-state index contributed by atoms with van der Waals surface area (Å²) in [6.45, 7) is 8.44. The molecule has 136 valence electrons. The van der Waals surface area contributed by atoms with E-state index < -0.39 is 6.04 Å². The molecule has 1 unspecified atom stereocenters. The van der Waals surface area contributed by atoms with Crippen LogP contribution in [0.4, 0.5) is 5.69 Å². The smallest absolute Gasteiger partial charge is 0.249 e. The Morgan fingerprint density at radius 1 is 1.31 bits per heavy atom. The van der Waals surface area contributed by atoms with Gasteiger partial charge in [0.05, 0.1) is 34.3 Å². The minimum atomic E-state index is -0.416. The third-order valence-electron chi connectivity index (χ3n) is 4.39. The number of carbonyl (C=O) groups excluding carboxylic acids is 1. The van der Waals surface area contributed by atoms with Crippen LogP contribution in [-0.2, 0) is 11.3 Å². The number of carbonyl (C=O) groups is 1. The summed E-state index contributed by atoms with van der Waals surface area (Å²) in [6, 6.07) is 7.93. The maximum Gasteiger partial charge on any atom is 0.249 e. The van der Waals surface area contributed by atoms with Crippen LogP contribution in [0.3, 0.4) is 0 Å². The maximum atomic E-state index is 12.6. The van der Waals surface area contributed by atoms with Crippen LogP contribution in [0.25, 0.3) is 0 Å². The van der Waals surface area contributed by atoms with Gasteiger partial charge in [0.1, 0.15) is 6.04 Å². The number of anilines is 1. The van der Waals surface area contributed by atoms with E-state index in [4.69, 9.17) is 0 Å². The van der Waals surface area contributed by atoms with Gasteiger partial charge in [-0.15, -0.1) is 0 Å². The van der Waals surface area contributed by atoms with Crippen molar-refractivity contribution >= 4 is 27.5 Å². The van der Waals surface area contributed by atoms with Crippen molar-refractivity contribution in [1.29, 1.82) is 0 Å². The Kier molecular flexibility index (Phi) is 5.27. The summed E-state index contributed by atoms with van der Waals surface area (Å²) in [6.07, 6.45) is 3.45. The molecule has 2 heterocycles. The number of benzene rings is 1. The Morgan fingerprint density at radius 2 is 2.08 bits per heavy atom. The van der Waals surface area contributed by atoms with Crippen molar-refractivity contribution < 1.29 is 4.79 Å². The van der Waals surface area contributed by atoms with E-state index >= 15 is 0 Å². The second-order valence-corrected chi connectivity index (χ2v) is 7.41. The highest BCUT2D eigenvalue weighted by Gasteiger charge is 2.20. The van der Waals surface area contributed by atoms with Crippen LogP contribution in [0.5, 0.6) is 0 Å². The largest absolute Gasteiger partial charge is 0.321 e. The molecular weight excluding hydrogens is 394 g/mol. The van der Waals surface area contributed by atoms with Gasteiger partial charge in [-0.2, -0.15) is 10.2 Å². The Bertz CT molecular complexity index is 943. The van der Waals surface area contributed by atoms with E-state index in [2.05, 4.69) is 56.6 Å². The molecule has 0 fully saturated rings. The van der Waals surface area contributed by atoms with Crippen LogP contribution in [-0.4, -0.2) is 25.5 Å². The van der Waals surface area contributed by atoms with Gasteiger partial charge in [-0.1, -0.05) is 29.8 Å². The van der Waals surface area contributed by atoms with E-state index in [9.17, 15) is 4.79 Å². The molecular formula is C19H22BrN5O. The van der Waals surface area contributed by atoms with E-state index in [1.165, 1.54) is 11.1 Å². The summed E-state index contributed by atoms with van der Waals surface area (Å²) in [7, 11) is 0. The van der Waals surface area contributed by atoms with Gasteiger partial charge < -0.3 is 5.32 Å². The minimum absolute atomic E-state index is 0.123. The first-order chi connectivity index (χ1) is 12.3. The van der Waals surface area contributed by atoms with E-state index in [0.29, 0.717) is 6.54 Å². The van der Waals surface area contributed by atoms with Gasteiger partial charge in [-0.3, -0.25) is 14.2 Å². The van der Waals surface area contributed by atoms with Crippen LogP contribution >= 0.6 is 15.9 Å². The summed E-state index contributed by atoms with van der Waals surface area (Å²) < 4.78 is 4.39. The Hall–Kier alpha value is -2.41. The van der Waals surface area contributed by atoms with E-state index in [-0.39, 0.29) is 5.91 Å². The van der Waals surface area contributed by atoms with E-state index in [1.807, 2.05) is 31.5 Å². The molecule has 0 spiro atoms. The molecule has 6 nitrogen and oxygen atoms in total. The molecule has 1 amide bonds. The van der Waals surface area contributed by atoms with Crippen molar-refractivity contribution in [2.24, 2.45) is 0 Å². The van der Waals surface area contributed by atoms with Crippen LogP contribution in [0, 0.1) is 20.8 Å². The first-order valence-electron chi connectivity index (χ1n) is 8.45. The average molecular weight is 416 g/mol. The van der Waals surface area contributed by atoms with Gasteiger partial charge in [-0.25, -0.2) is 0 Å². The lowest BCUT2D eigenvalue weighted by Crippen LogP contribution is -2.24. The first kappa shape index (κ1) is 18.4. The average Bonchev–Trinajstić information content (AvgIpc) is 3.13. The summed E-state index contributed by atoms with van der Waals surface area (Å²) in [5.41, 5.74) is 4.91. The molecule has 2 aromatic heterocycles. The van der Waals surface area contributed by atoms with Crippen molar-refractivity contribution in [2.45, 2.75) is 40.3 Å². The number of aromatic nitrogens is 4. The highest BCUT2D eigenvalue weighted by Crippen LogP contribution is 2.22. The van der Waals surface area contributed by atoms with Crippen LogP contribution in [0.1, 0.15) is 35.5 Å². The highest BCUT2D eigenvalue weighted by atomic mass is 79.9. The fourth-order valence-electron chi connectivity index (χ4n) is 2.89. The lowest BCUT2D eigenvalue weighted by Gasteiger charge is -2.13. The van der Waals surface area contributed by atoms with Gasteiger partial charge in [0.15, 0.2) is 0 Å². The molecule has 1 N–H and O–H groups in total. The zero-order valence-electron chi connectivity index (χ0n) is 15.3. The van der Waals surface area contributed by atoms with Crippen LogP contribution in [0.15, 0.2) is 41.1 Å². The van der Waals surface area contributed by atoms with Gasteiger partial charge >= 0.3 is 0 Å². The normalized spacial score (nSPS) is 12.2. The zero-order valence-corrected chi connectivity index (χ0v) is 16.9. The van der Waals surface area contributed by atoms with Gasteiger partial charge in [0.25, 0.3) is 0 Å². The summed E-state index contributed by atoms with van der Waals surface area (Å²) in [5.74, 6) is -0.123. The van der Waals surface area contributed by atoms with Crippen molar-refractivity contribution in [3.8, 4) is 0 Å². The monoisotopic (exact) mass is 415 g/mol. The second kappa shape index (κ2) is 7.45. The molecule has 0 aliphatic carbocycles. The Labute approximate surface area is 161 Å². The van der Waals surface area contributed by atoms with E-state index in [1.54, 1.807) is 17.1 Å². The predicted octanol–water partition coefficient (Wildman–Crippen LogP) is 4.02. The third kappa shape index (κ3) is 3.88. The molecule has 1 aromatic carbocycles. The number of nitrogens with one attached hydrogen (secondary N) is 1. The number of hydrogen-bond acceptors (Lipinski definition) is 3. The van der Waals surface area contributed by atoms with Crippen LogP contribution < -0.4 is 5.32 Å². The van der Waals surface area contributed by atoms with Gasteiger partial charge in [-0.05, 0) is 49.2 Å². The van der Waals surface area contributed by atoms with Crippen LogP contribution in [0.2, 0.25) is 0 Å². The fourth-order valence-corrected chi connectivity index (χ4v) is 3.19. The molecule has 0 bridgehead atoms. The predicted molar refractivity (Wildman–Crippen MR) is 105 cm³/mol. The lowest BCUT2D eigenvalue weighted by atomic mass is 10.1. The number of rotatable bonds is 5. The van der Waals surface area contributed by atoms with Crippen molar-refractivity contribution in [3.63, 3.8) is 0 Å². The number of aryl methyl sites for hydroxylation is 2. The van der Waals surface area contributed by atoms with Crippen molar-refractivity contribution in [1.82, 2.24) is 19.6 Å². The minimum Gasteiger partial charge on any atom is -0.321 e. The zero-order chi connectivity index (χ0) is 18.8. The molecule has 0 saturated carbocycles. The van der Waals surface area contributed by atoms with Gasteiger partial charge in [0.2, 0.25) is 5.91 Å². The standard InChI is InChI=1S/C19H22BrN5O/c1-12-6-5-7-16(8-12)10-25-14(3)18(13(2)23-25)22-19(26)15(4)24-11-17(20)9-21-24/h5-9,11,15H,10H2,1-4H3,(H,22,26). The molecule has 0 aliphatic heterocycles. The lowest BCUT2D eigenvalue weighted by molar-refractivity contribution is -0.119. The Balaban J connectivity index is 1.78. The summed E-state index contributed by atoms with van der Waals surface area (Å²) in [4.78, 5) is 12.6.